The monoisotopic (exact) mass is 314 g/mol. The van der Waals surface area contributed by atoms with Crippen LogP contribution in [0.25, 0.3) is 5.82 Å². The molecule has 0 bridgehead atoms. The van der Waals surface area contributed by atoms with Gasteiger partial charge >= 0.3 is 0 Å². The number of hydrogen-bond donors (Lipinski definition) is 1. The minimum atomic E-state index is -0.626. The number of amides is 2. The Labute approximate surface area is 133 Å². The largest absolute Gasteiger partial charge is 0.364 e. The van der Waals surface area contributed by atoms with Crippen LogP contribution >= 0.6 is 0 Å². The fourth-order valence-electron chi connectivity index (χ4n) is 2.93. The Morgan fingerprint density at radius 3 is 2.48 bits per heavy atom. The van der Waals surface area contributed by atoms with Crippen LogP contribution in [-0.2, 0) is 4.79 Å². The van der Waals surface area contributed by atoms with E-state index in [2.05, 4.69) is 15.0 Å². The Kier molecular flexibility index (Phi) is 4.05. The van der Waals surface area contributed by atoms with Crippen LogP contribution in [0.2, 0.25) is 0 Å². The Balaban J connectivity index is 1.90. The number of rotatable bonds is 3. The lowest BCUT2D eigenvalue weighted by Crippen LogP contribution is -2.36. The molecule has 0 aliphatic carbocycles. The van der Waals surface area contributed by atoms with E-state index < -0.39 is 5.91 Å². The molecule has 3 rings (SSSR count). The molecule has 0 saturated carbocycles. The highest BCUT2D eigenvalue weighted by Gasteiger charge is 2.26. The second kappa shape index (κ2) is 6.15. The summed E-state index contributed by atoms with van der Waals surface area (Å²) < 4.78 is 1.77. The molecule has 0 radical (unpaired) electrons. The molecule has 0 unspecified atom stereocenters. The van der Waals surface area contributed by atoms with E-state index in [1.165, 1.54) is 12.4 Å². The number of carbonyl (C=O) groups is 2. The van der Waals surface area contributed by atoms with Gasteiger partial charge in [0.2, 0.25) is 5.91 Å². The van der Waals surface area contributed by atoms with Gasteiger partial charge in [0, 0.05) is 50.7 Å². The topological polar surface area (TPSA) is 107 Å². The SMILES string of the molecule is CC(=O)N1CCC(c2nccn2-c2nccnc2C(N)=O)CC1. The molecule has 1 aliphatic heterocycles. The molecule has 0 spiro atoms. The van der Waals surface area contributed by atoms with Crippen molar-refractivity contribution in [3.05, 3.63) is 36.3 Å². The fourth-order valence-corrected chi connectivity index (χ4v) is 2.93. The van der Waals surface area contributed by atoms with Gasteiger partial charge in [-0.05, 0) is 12.8 Å². The van der Waals surface area contributed by atoms with Gasteiger partial charge in [-0.3, -0.25) is 14.2 Å². The molecule has 1 saturated heterocycles. The molecular formula is C15H18N6O2. The first kappa shape index (κ1) is 15.1. The van der Waals surface area contributed by atoms with Crippen molar-refractivity contribution in [1.82, 2.24) is 24.4 Å². The third kappa shape index (κ3) is 2.92. The number of likely N-dealkylation sites (tertiary alicyclic amines) is 1. The highest BCUT2D eigenvalue weighted by Crippen LogP contribution is 2.28. The summed E-state index contributed by atoms with van der Waals surface area (Å²) in [5.74, 6) is 0.872. The summed E-state index contributed by atoms with van der Waals surface area (Å²) in [5, 5.41) is 0. The Morgan fingerprint density at radius 2 is 1.83 bits per heavy atom. The zero-order valence-corrected chi connectivity index (χ0v) is 12.8. The van der Waals surface area contributed by atoms with E-state index in [-0.39, 0.29) is 17.5 Å². The molecule has 2 N–H and O–H groups in total. The molecule has 3 heterocycles. The van der Waals surface area contributed by atoms with Gasteiger partial charge < -0.3 is 10.6 Å². The van der Waals surface area contributed by atoms with Crippen molar-refractivity contribution in [2.24, 2.45) is 5.73 Å². The zero-order chi connectivity index (χ0) is 16.4. The van der Waals surface area contributed by atoms with Crippen molar-refractivity contribution in [1.29, 1.82) is 0 Å². The molecule has 2 aromatic heterocycles. The number of nitrogens with two attached hydrogens (primary N) is 1. The first-order chi connectivity index (χ1) is 11.1. The van der Waals surface area contributed by atoms with Gasteiger partial charge in [0.05, 0.1) is 0 Å². The third-order valence-corrected chi connectivity index (χ3v) is 4.12. The maximum Gasteiger partial charge on any atom is 0.271 e. The van der Waals surface area contributed by atoms with Crippen molar-refractivity contribution in [3.8, 4) is 5.82 Å². The maximum atomic E-state index is 11.6. The van der Waals surface area contributed by atoms with Gasteiger partial charge in [0.15, 0.2) is 11.5 Å². The molecule has 2 amide bonds. The normalized spacial score (nSPS) is 15.6. The molecule has 2 aromatic rings. The Bertz CT molecular complexity index is 733. The highest BCUT2D eigenvalue weighted by atomic mass is 16.2. The van der Waals surface area contributed by atoms with E-state index in [9.17, 15) is 9.59 Å². The van der Waals surface area contributed by atoms with Crippen LogP contribution in [0.3, 0.4) is 0 Å². The number of primary amides is 1. The van der Waals surface area contributed by atoms with Gasteiger partial charge in [-0.2, -0.15) is 0 Å². The van der Waals surface area contributed by atoms with Gasteiger partial charge in [-0.1, -0.05) is 0 Å². The summed E-state index contributed by atoms with van der Waals surface area (Å²) in [6, 6.07) is 0. The molecule has 23 heavy (non-hydrogen) atoms. The summed E-state index contributed by atoms with van der Waals surface area (Å²) in [4.78, 5) is 37.5. The summed E-state index contributed by atoms with van der Waals surface area (Å²) >= 11 is 0. The Morgan fingerprint density at radius 1 is 1.13 bits per heavy atom. The highest BCUT2D eigenvalue weighted by molar-refractivity contribution is 5.93. The van der Waals surface area contributed by atoms with Crippen LogP contribution in [0, 0.1) is 0 Å². The van der Waals surface area contributed by atoms with Crippen LogP contribution in [0.4, 0.5) is 0 Å². The van der Waals surface area contributed by atoms with E-state index in [1.807, 2.05) is 4.90 Å². The second-order valence-electron chi connectivity index (χ2n) is 5.53. The predicted octanol–water partition coefficient (Wildman–Crippen LogP) is 0.487. The molecular weight excluding hydrogens is 296 g/mol. The minimum Gasteiger partial charge on any atom is -0.364 e. The fraction of sp³-hybridized carbons (Fsp3) is 0.400. The predicted molar refractivity (Wildman–Crippen MR) is 81.9 cm³/mol. The van der Waals surface area contributed by atoms with Crippen LogP contribution in [-0.4, -0.2) is 49.3 Å². The quantitative estimate of drug-likeness (QED) is 0.887. The average molecular weight is 314 g/mol. The lowest BCUT2D eigenvalue weighted by molar-refractivity contribution is -0.129. The zero-order valence-electron chi connectivity index (χ0n) is 12.8. The molecule has 8 heteroatoms. The number of piperidine rings is 1. The van der Waals surface area contributed by atoms with Crippen LogP contribution in [0.15, 0.2) is 24.8 Å². The molecule has 1 aliphatic rings. The van der Waals surface area contributed by atoms with E-state index in [0.717, 1.165) is 18.7 Å². The second-order valence-corrected chi connectivity index (χ2v) is 5.53. The van der Waals surface area contributed by atoms with Crippen molar-refractivity contribution in [3.63, 3.8) is 0 Å². The summed E-state index contributed by atoms with van der Waals surface area (Å²) in [6.07, 6.45) is 8.02. The molecule has 1 fully saturated rings. The standard InChI is InChI=1S/C15H18N6O2/c1-10(22)20-7-2-11(3-8-20)14-19-6-9-21(14)15-12(13(16)23)17-4-5-18-15/h4-6,9,11H,2-3,7-8H2,1H3,(H2,16,23). The van der Waals surface area contributed by atoms with Crippen LogP contribution in [0.5, 0.6) is 0 Å². The van der Waals surface area contributed by atoms with E-state index >= 15 is 0 Å². The van der Waals surface area contributed by atoms with Crippen molar-refractivity contribution < 1.29 is 9.59 Å². The summed E-state index contributed by atoms with van der Waals surface area (Å²) in [7, 11) is 0. The smallest absolute Gasteiger partial charge is 0.271 e. The Hall–Kier alpha value is -2.77. The van der Waals surface area contributed by atoms with E-state index in [0.29, 0.717) is 18.9 Å². The molecule has 0 atom stereocenters. The average Bonchev–Trinajstić information content (AvgIpc) is 3.04. The van der Waals surface area contributed by atoms with Crippen LogP contribution < -0.4 is 5.73 Å². The van der Waals surface area contributed by atoms with Crippen molar-refractivity contribution in [2.45, 2.75) is 25.7 Å². The summed E-state index contributed by atoms with van der Waals surface area (Å²) in [5.41, 5.74) is 5.50. The first-order valence-corrected chi connectivity index (χ1v) is 7.48. The summed E-state index contributed by atoms with van der Waals surface area (Å²) in [6.45, 7) is 2.99. The van der Waals surface area contributed by atoms with Crippen LogP contribution in [0.1, 0.15) is 42.0 Å². The van der Waals surface area contributed by atoms with Gasteiger partial charge in [0.25, 0.3) is 5.91 Å². The van der Waals surface area contributed by atoms with E-state index in [1.54, 1.807) is 23.9 Å². The number of nitrogens with zero attached hydrogens (tertiary/aromatic N) is 5. The first-order valence-electron chi connectivity index (χ1n) is 7.48. The van der Waals surface area contributed by atoms with Gasteiger partial charge in [0.1, 0.15) is 5.82 Å². The number of carbonyl (C=O) groups excluding carboxylic acids is 2. The van der Waals surface area contributed by atoms with Crippen molar-refractivity contribution in [2.75, 3.05) is 13.1 Å². The number of imidazole rings is 1. The minimum absolute atomic E-state index is 0.0942. The third-order valence-electron chi connectivity index (χ3n) is 4.12. The van der Waals surface area contributed by atoms with Gasteiger partial charge in [-0.15, -0.1) is 0 Å². The maximum absolute atomic E-state index is 11.6. The molecule has 8 nitrogen and oxygen atoms in total. The lowest BCUT2D eigenvalue weighted by atomic mass is 9.96. The number of hydrogen-bond acceptors (Lipinski definition) is 5. The molecule has 0 aromatic carbocycles. The lowest BCUT2D eigenvalue weighted by Gasteiger charge is -2.31. The van der Waals surface area contributed by atoms with Crippen molar-refractivity contribution >= 4 is 11.8 Å². The number of aromatic nitrogens is 4. The van der Waals surface area contributed by atoms with Gasteiger partial charge in [-0.25, -0.2) is 15.0 Å². The van der Waals surface area contributed by atoms with E-state index in [4.69, 9.17) is 5.73 Å². The molecule has 120 valence electrons.